The summed E-state index contributed by atoms with van der Waals surface area (Å²) in [4.78, 5) is 14.5. The molecule has 0 saturated carbocycles. The van der Waals surface area contributed by atoms with Crippen LogP contribution in [0.15, 0.2) is 48.5 Å². The molecule has 2 aromatic rings. The first-order valence-electron chi connectivity index (χ1n) is 8.89. The second-order valence-corrected chi connectivity index (χ2v) is 6.20. The van der Waals surface area contributed by atoms with E-state index in [0.717, 1.165) is 29.5 Å². The van der Waals surface area contributed by atoms with E-state index in [9.17, 15) is 4.79 Å². The predicted molar refractivity (Wildman–Crippen MR) is 104 cm³/mol. The quantitative estimate of drug-likeness (QED) is 0.817. The van der Waals surface area contributed by atoms with Gasteiger partial charge in [0.1, 0.15) is 23.9 Å². The maximum atomic E-state index is 12.7. The van der Waals surface area contributed by atoms with E-state index >= 15 is 0 Å². The van der Waals surface area contributed by atoms with Gasteiger partial charge < -0.3 is 29.7 Å². The number of carbonyl (C=O) groups excluding carboxylic acids is 1. The van der Waals surface area contributed by atoms with Gasteiger partial charge in [0.25, 0.3) is 0 Å². The fourth-order valence-electron chi connectivity index (χ4n) is 2.91. The lowest BCUT2D eigenvalue weighted by atomic mass is 10.2. The van der Waals surface area contributed by atoms with Crippen LogP contribution in [0, 0.1) is 0 Å². The molecule has 0 aliphatic carbocycles. The average Bonchev–Trinajstić information content (AvgIpc) is 2.73. The van der Waals surface area contributed by atoms with Crippen LogP contribution in [0.5, 0.6) is 17.2 Å². The Morgan fingerprint density at radius 1 is 1.04 bits per heavy atom. The van der Waals surface area contributed by atoms with E-state index < -0.39 is 0 Å². The van der Waals surface area contributed by atoms with Crippen molar-refractivity contribution >= 4 is 11.7 Å². The summed E-state index contributed by atoms with van der Waals surface area (Å²) in [7, 11) is 3.24. The van der Waals surface area contributed by atoms with Gasteiger partial charge in [0.2, 0.25) is 0 Å². The maximum Gasteiger partial charge on any atom is 0.322 e. The molecule has 1 unspecified atom stereocenters. The van der Waals surface area contributed by atoms with Gasteiger partial charge in [-0.05, 0) is 48.5 Å². The number of nitrogens with zero attached hydrogens (tertiary/aromatic N) is 1. The number of nitrogens with one attached hydrogen (secondary N) is 2. The van der Waals surface area contributed by atoms with Crippen molar-refractivity contribution in [1.82, 2.24) is 10.2 Å². The number of ether oxygens (including phenoxy) is 3. The van der Waals surface area contributed by atoms with Gasteiger partial charge in [-0.2, -0.15) is 0 Å². The molecular formula is C20H25N3O4. The summed E-state index contributed by atoms with van der Waals surface area (Å²) < 4.78 is 16.2. The molecule has 7 heteroatoms. The number of hydrogen-bond acceptors (Lipinski definition) is 5. The number of benzene rings is 2. The van der Waals surface area contributed by atoms with E-state index in [1.54, 1.807) is 14.2 Å². The minimum atomic E-state index is -0.134. The zero-order valence-corrected chi connectivity index (χ0v) is 15.6. The standard InChI is InChI=1S/C20H25N3O4/c1-25-17-5-3-15(4-6-17)22-20(24)23-12-11-21-13-16(23)14-27-19-9-7-18(26-2)8-10-19/h3-10,16,21H,11-14H2,1-2H3,(H,22,24). The Kier molecular flexibility index (Phi) is 6.38. The average molecular weight is 371 g/mol. The number of piperazine rings is 1. The Bertz CT molecular complexity index is 734. The first-order chi connectivity index (χ1) is 13.2. The summed E-state index contributed by atoms with van der Waals surface area (Å²) in [5.41, 5.74) is 0.731. The smallest absolute Gasteiger partial charge is 0.322 e. The van der Waals surface area contributed by atoms with Gasteiger partial charge in [0.15, 0.2) is 0 Å². The topological polar surface area (TPSA) is 72.1 Å². The highest BCUT2D eigenvalue weighted by Gasteiger charge is 2.27. The van der Waals surface area contributed by atoms with Gasteiger partial charge in [-0.15, -0.1) is 0 Å². The second kappa shape index (κ2) is 9.14. The lowest BCUT2D eigenvalue weighted by Gasteiger charge is -2.36. The molecule has 144 valence electrons. The molecule has 1 saturated heterocycles. The molecule has 1 aliphatic heterocycles. The molecule has 1 fully saturated rings. The molecule has 7 nitrogen and oxygen atoms in total. The number of urea groups is 1. The zero-order chi connectivity index (χ0) is 19.1. The first kappa shape index (κ1) is 18.8. The Hall–Kier alpha value is -2.93. The number of rotatable bonds is 6. The summed E-state index contributed by atoms with van der Waals surface area (Å²) >= 11 is 0. The third-order valence-corrected chi connectivity index (χ3v) is 4.45. The molecule has 0 radical (unpaired) electrons. The fraction of sp³-hybridized carbons (Fsp3) is 0.350. The molecule has 1 aliphatic rings. The van der Waals surface area contributed by atoms with Crippen molar-refractivity contribution in [3.05, 3.63) is 48.5 Å². The molecule has 0 bridgehead atoms. The normalized spacial score (nSPS) is 16.5. The van der Waals surface area contributed by atoms with E-state index in [2.05, 4.69) is 10.6 Å². The van der Waals surface area contributed by atoms with Crippen LogP contribution < -0.4 is 24.8 Å². The van der Waals surface area contributed by atoms with Gasteiger partial charge in [-0.1, -0.05) is 0 Å². The van der Waals surface area contributed by atoms with E-state index in [-0.39, 0.29) is 12.1 Å². The highest BCUT2D eigenvalue weighted by Crippen LogP contribution is 2.19. The molecule has 2 amide bonds. The minimum Gasteiger partial charge on any atom is -0.497 e. The molecule has 2 aromatic carbocycles. The number of methoxy groups -OCH3 is 2. The lowest BCUT2D eigenvalue weighted by Crippen LogP contribution is -2.57. The van der Waals surface area contributed by atoms with Gasteiger partial charge in [0.05, 0.1) is 20.3 Å². The van der Waals surface area contributed by atoms with Crippen molar-refractivity contribution < 1.29 is 19.0 Å². The SMILES string of the molecule is COc1ccc(NC(=O)N2CCNCC2COc2ccc(OC)cc2)cc1. The predicted octanol–water partition coefficient (Wildman–Crippen LogP) is 2.59. The molecule has 27 heavy (non-hydrogen) atoms. The van der Waals surface area contributed by atoms with Gasteiger partial charge >= 0.3 is 6.03 Å². The summed E-state index contributed by atoms with van der Waals surface area (Å²) in [5.74, 6) is 2.28. The van der Waals surface area contributed by atoms with Crippen LogP contribution in [0.1, 0.15) is 0 Å². The number of anilines is 1. The van der Waals surface area contributed by atoms with Gasteiger partial charge in [-0.25, -0.2) is 4.79 Å². The van der Waals surface area contributed by atoms with Gasteiger partial charge in [0, 0.05) is 25.3 Å². The van der Waals surface area contributed by atoms with Crippen LogP contribution >= 0.6 is 0 Å². The van der Waals surface area contributed by atoms with Crippen molar-refractivity contribution in [1.29, 1.82) is 0 Å². The van der Waals surface area contributed by atoms with Crippen LogP contribution in [0.2, 0.25) is 0 Å². The Morgan fingerprint density at radius 3 is 2.26 bits per heavy atom. The maximum absolute atomic E-state index is 12.7. The summed E-state index contributed by atoms with van der Waals surface area (Å²) in [6.07, 6.45) is 0. The summed E-state index contributed by atoms with van der Waals surface area (Å²) in [6.45, 7) is 2.48. The molecule has 0 aromatic heterocycles. The van der Waals surface area contributed by atoms with Crippen molar-refractivity contribution in [3.63, 3.8) is 0 Å². The van der Waals surface area contributed by atoms with E-state index in [1.807, 2.05) is 53.4 Å². The molecule has 0 spiro atoms. The van der Waals surface area contributed by atoms with Crippen LogP contribution in [0.25, 0.3) is 0 Å². The second-order valence-electron chi connectivity index (χ2n) is 6.20. The van der Waals surface area contributed by atoms with Crippen molar-refractivity contribution in [3.8, 4) is 17.2 Å². The number of hydrogen-bond donors (Lipinski definition) is 2. The molecule has 3 rings (SSSR count). The third-order valence-electron chi connectivity index (χ3n) is 4.45. The zero-order valence-electron chi connectivity index (χ0n) is 15.6. The number of carbonyl (C=O) groups is 1. The largest absolute Gasteiger partial charge is 0.497 e. The lowest BCUT2D eigenvalue weighted by molar-refractivity contribution is 0.133. The third kappa shape index (κ3) is 5.04. The Balaban J connectivity index is 1.58. The van der Waals surface area contributed by atoms with E-state index in [4.69, 9.17) is 14.2 Å². The van der Waals surface area contributed by atoms with E-state index in [1.165, 1.54) is 0 Å². The highest BCUT2D eigenvalue weighted by molar-refractivity contribution is 5.89. The monoisotopic (exact) mass is 371 g/mol. The van der Waals surface area contributed by atoms with E-state index in [0.29, 0.717) is 19.7 Å². The summed E-state index contributed by atoms with van der Waals surface area (Å²) in [5, 5.41) is 6.25. The number of amides is 2. The molecular weight excluding hydrogens is 346 g/mol. The Morgan fingerprint density at radius 2 is 1.63 bits per heavy atom. The molecule has 1 heterocycles. The Labute approximate surface area is 159 Å². The van der Waals surface area contributed by atoms with Crippen LogP contribution in [-0.4, -0.2) is 57.4 Å². The van der Waals surface area contributed by atoms with Crippen molar-refractivity contribution in [2.45, 2.75) is 6.04 Å². The van der Waals surface area contributed by atoms with Crippen LogP contribution in [0.4, 0.5) is 10.5 Å². The van der Waals surface area contributed by atoms with Crippen molar-refractivity contribution in [2.24, 2.45) is 0 Å². The molecule has 2 N–H and O–H groups in total. The fourth-order valence-corrected chi connectivity index (χ4v) is 2.91. The van der Waals surface area contributed by atoms with Crippen molar-refractivity contribution in [2.75, 3.05) is 45.8 Å². The highest BCUT2D eigenvalue weighted by atomic mass is 16.5. The van der Waals surface area contributed by atoms with Crippen LogP contribution in [0.3, 0.4) is 0 Å². The van der Waals surface area contributed by atoms with Gasteiger partial charge in [-0.3, -0.25) is 0 Å². The summed E-state index contributed by atoms with van der Waals surface area (Å²) in [6, 6.07) is 14.5. The molecule has 1 atom stereocenters. The van der Waals surface area contributed by atoms with Crippen LogP contribution in [-0.2, 0) is 0 Å². The minimum absolute atomic E-state index is 0.0564. The first-order valence-corrected chi connectivity index (χ1v) is 8.89.